The number of carbonyl (C=O) groups is 2. The first-order valence-corrected chi connectivity index (χ1v) is 14.5. The molecule has 0 spiro atoms. The number of anilines is 2. The lowest BCUT2D eigenvalue weighted by atomic mass is 9.63. The molecule has 12 heteroatoms. The van der Waals surface area contributed by atoms with E-state index in [1.807, 2.05) is 0 Å². The fourth-order valence-corrected chi connectivity index (χ4v) is 6.81. The van der Waals surface area contributed by atoms with Crippen LogP contribution in [0.25, 0.3) is 0 Å². The maximum atomic E-state index is 14.1. The summed E-state index contributed by atoms with van der Waals surface area (Å²) in [6.07, 6.45) is 3.34. The van der Waals surface area contributed by atoms with Gasteiger partial charge in [-0.2, -0.15) is 4.76 Å². The molecule has 5 rings (SSSR count). The van der Waals surface area contributed by atoms with Crippen LogP contribution in [0.5, 0.6) is 0 Å². The van der Waals surface area contributed by atoms with E-state index >= 15 is 0 Å². The first kappa shape index (κ1) is 23.8. The highest BCUT2D eigenvalue weighted by molar-refractivity contribution is 7.92. The van der Waals surface area contributed by atoms with Gasteiger partial charge < -0.3 is 10.2 Å². The highest BCUT2D eigenvalue weighted by atomic mass is 32.2. The molecular weight excluding hydrogens is 496 g/mol. The topological polar surface area (TPSA) is 142 Å². The van der Waals surface area contributed by atoms with E-state index < -0.39 is 46.3 Å². The summed E-state index contributed by atoms with van der Waals surface area (Å²) in [7, 11) is -8.11. The lowest BCUT2D eigenvalue weighted by Crippen LogP contribution is -2.51. The van der Waals surface area contributed by atoms with Crippen molar-refractivity contribution in [2.75, 3.05) is 16.3 Å². The van der Waals surface area contributed by atoms with Gasteiger partial charge in [-0.15, -0.1) is 0 Å². The number of rotatable bonds is 5. The molecule has 3 atom stereocenters. The van der Waals surface area contributed by atoms with Crippen molar-refractivity contribution < 1.29 is 31.9 Å². The molecule has 2 aromatic carbocycles. The molecule has 0 amide bonds. The number of halogens is 1. The van der Waals surface area contributed by atoms with Crippen LogP contribution in [0.1, 0.15) is 42.1 Å². The van der Waals surface area contributed by atoms with Gasteiger partial charge in [-0.05, 0) is 55.2 Å². The first-order chi connectivity index (χ1) is 16.3. The van der Waals surface area contributed by atoms with E-state index in [1.54, 1.807) is 6.92 Å². The van der Waals surface area contributed by atoms with Crippen molar-refractivity contribution >= 4 is 51.6 Å². The number of sulfonamides is 1. The molecule has 2 aromatic rings. The summed E-state index contributed by atoms with van der Waals surface area (Å²) in [6, 6.07) is 7.72. The molecule has 1 saturated carbocycles. The normalized spacial score (nSPS) is 28.0. The quantitative estimate of drug-likeness (QED) is 0.407. The largest absolute Gasteiger partial charge is 0.345 e. The van der Waals surface area contributed by atoms with Gasteiger partial charge in [0.15, 0.2) is 11.6 Å². The predicted octanol–water partition coefficient (Wildman–Crippen LogP) is 2.97. The van der Waals surface area contributed by atoms with Crippen LogP contribution < -0.4 is 15.3 Å². The van der Waals surface area contributed by atoms with Crippen molar-refractivity contribution in [3.05, 3.63) is 53.3 Å². The summed E-state index contributed by atoms with van der Waals surface area (Å²) >= 11 is 0. The number of carbonyl (C=O) groups excluding carboxylic acids is 2. The second-order valence-electron chi connectivity index (χ2n) is 9.59. The Morgan fingerprint density at radius 1 is 1.23 bits per heavy atom. The summed E-state index contributed by atoms with van der Waals surface area (Å²) in [5.74, 6) is -3.25. The van der Waals surface area contributed by atoms with Crippen LogP contribution in [0, 0.1) is 17.7 Å². The molecule has 1 aliphatic heterocycles. The van der Waals surface area contributed by atoms with Crippen LogP contribution in [-0.2, 0) is 24.8 Å². The summed E-state index contributed by atoms with van der Waals surface area (Å²) in [4.78, 5) is 38.0. The van der Waals surface area contributed by atoms with E-state index in [-0.39, 0.29) is 28.1 Å². The zero-order chi connectivity index (χ0) is 25.3. The number of hydrogen-bond acceptors (Lipinski definition) is 6. The maximum absolute atomic E-state index is 14.1. The van der Waals surface area contributed by atoms with Crippen molar-refractivity contribution in [2.24, 2.45) is 16.6 Å². The summed E-state index contributed by atoms with van der Waals surface area (Å²) in [5, 5.41) is 2.66. The third kappa shape index (κ3) is 4.22. The van der Waals surface area contributed by atoms with Crippen LogP contribution in [0.15, 0.2) is 41.2 Å². The molecular formula is C23H23FN3O6PS. The third-order valence-electron chi connectivity index (χ3n) is 6.70. The number of fused-ring (bicyclic) bond motifs is 2. The zero-order valence-corrected chi connectivity index (χ0v) is 20.6. The molecule has 3 N–H and O–H groups in total. The molecule has 2 aliphatic carbocycles. The lowest BCUT2D eigenvalue weighted by molar-refractivity contribution is -0.125. The Morgan fingerprint density at radius 2 is 1.94 bits per heavy atom. The SMILES string of the molecule is CC1(CC2CC2)C(=O)C(C2=NP(=O)(O)c3cc(NS(C)(=O)=O)ccc3N2)C(=O)c2cc(F)ccc21. The fourth-order valence-electron chi connectivity index (χ4n) is 4.93. The molecule has 0 aromatic heterocycles. The second kappa shape index (κ2) is 7.81. The minimum Gasteiger partial charge on any atom is -0.342 e. The average molecular weight is 519 g/mol. The van der Waals surface area contributed by atoms with Gasteiger partial charge in [0.2, 0.25) is 10.0 Å². The number of benzene rings is 2. The van der Waals surface area contributed by atoms with Crippen LogP contribution in [0.3, 0.4) is 0 Å². The second-order valence-corrected chi connectivity index (χ2v) is 13.1. The smallest absolute Gasteiger partial charge is 0.342 e. The van der Waals surface area contributed by atoms with Crippen molar-refractivity contribution in [3.8, 4) is 0 Å². The van der Waals surface area contributed by atoms with Crippen LogP contribution in [0.2, 0.25) is 0 Å². The van der Waals surface area contributed by atoms with Crippen LogP contribution in [-0.4, -0.2) is 37.0 Å². The Kier molecular flexibility index (Phi) is 5.32. The lowest BCUT2D eigenvalue weighted by Gasteiger charge is -2.39. The first-order valence-electron chi connectivity index (χ1n) is 11.0. The molecule has 0 radical (unpaired) electrons. The van der Waals surface area contributed by atoms with Gasteiger partial charge in [-0.1, -0.05) is 18.9 Å². The molecule has 9 nitrogen and oxygen atoms in total. The van der Waals surface area contributed by atoms with E-state index in [0.29, 0.717) is 17.9 Å². The number of nitrogens with one attached hydrogen (secondary N) is 2. The van der Waals surface area contributed by atoms with Gasteiger partial charge in [-0.25, -0.2) is 12.8 Å². The highest BCUT2D eigenvalue weighted by Gasteiger charge is 2.53. The molecule has 0 saturated heterocycles. The monoisotopic (exact) mass is 519 g/mol. The van der Waals surface area contributed by atoms with Crippen LogP contribution >= 0.6 is 7.52 Å². The standard InChI is InChI=1S/C23H23FN3O6PS/c1-23(11-12-3-4-12)16-7-5-13(24)9-15(16)20(28)19(21(23)29)22-25-17-8-6-14(27-35(2,32)33)10-18(17)34(30,31)26-22/h5-10,12,19,27H,3-4,11H2,1-2H3,(H2,25,26,30,31). The summed E-state index contributed by atoms with van der Waals surface area (Å²) in [5.41, 5.74) is -0.386. The molecule has 35 heavy (non-hydrogen) atoms. The minimum absolute atomic E-state index is 0.0622. The van der Waals surface area contributed by atoms with Gasteiger partial charge in [0.25, 0.3) is 0 Å². The van der Waals surface area contributed by atoms with E-state index in [0.717, 1.165) is 25.2 Å². The summed E-state index contributed by atoms with van der Waals surface area (Å²) in [6.45, 7) is 1.73. The third-order valence-corrected chi connectivity index (χ3v) is 8.79. The van der Waals surface area contributed by atoms with Gasteiger partial charge in [0.05, 0.1) is 22.7 Å². The molecule has 1 heterocycles. The van der Waals surface area contributed by atoms with E-state index in [1.165, 1.54) is 30.3 Å². The summed E-state index contributed by atoms with van der Waals surface area (Å²) < 4.78 is 56.5. The average Bonchev–Trinajstić information content (AvgIpc) is 3.55. The number of nitrogens with zero attached hydrogens (tertiary/aromatic N) is 1. The van der Waals surface area contributed by atoms with Gasteiger partial charge in [-0.3, -0.25) is 18.9 Å². The molecule has 3 aliphatic rings. The highest BCUT2D eigenvalue weighted by Crippen LogP contribution is 2.51. The fraction of sp³-hybridized carbons (Fsp3) is 0.348. The van der Waals surface area contributed by atoms with Crippen LogP contribution in [0.4, 0.5) is 15.8 Å². The van der Waals surface area contributed by atoms with E-state index in [2.05, 4.69) is 14.8 Å². The molecule has 0 bridgehead atoms. The number of hydrogen-bond donors (Lipinski definition) is 3. The number of Topliss-reactive ketones (excluding diaryl/α,β-unsaturated/α-hetero) is 2. The minimum atomic E-state index is -4.48. The molecule has 1 fully saturated rings. The Hall–Kier alpha value is -2.88. The number of amidine groups is 1. The number of ketones is 2. The van der Waals surface area contributed by atoms with Gasteiger partial charge >= 0.3 is 7.52 Å². The Bertz CT molecular complexity index is 1490. The predicted molar refractivity (Wildman–Crippen MR) is 129 cm³/mol. The molecule has 184 valence electrons. The Morgan fingerprint density at radius 3 is 2.60 bits per heavy atom. The van der Waals surface area contributed by atoms with Gasteiger partial charge in [0, 0.05) is 11.3 Å². The maximum Gasteiger partial charge on any atom is 0.345 e. The van der Waals surface area contributed by atoms with E-state index in [9.17, 15) is 31.9 Å². The van der Waals surface area contributed by atoms with Gasteiger partial charge in [0.1, 0.15) is 17.6 Å². The Balaban J connectivity index is 1.59. The van der Waals surface area contributed by atoms with Crippen molar-refractivity contribution in [2.45, 2.75) is 31.6 Å². The van der Waals surface area contributed by atoms with Crippen molar-refractivity contribution in [1.82, 2.24) is 0 Å². The van der Waals surface area contributed by atoms with Crippen molar-refractivity contribution in [1.29, 1.82) is 0 Å². The van der Waals surface area contributed by atoms with Crippen molar-refractivity contribution in [3.63, 3.8) is 0 Å². The Labute approximate surface area is 201 Å². The van der Waals surface area contributed by atoms with E-state index in [4.69, 9.17) is 0 Å². The molecule has 3 unspecified atom stereocenters. The zero-order valence-electron chi connectivity index (χ0n) is 18.9.